The molecule has 0 bridgehead atoms. The summed E-state index contributed by atoms with van der Waals surface area (Å²) < 4.78 is 5.63. The minimum atomic E-state index is -0.0911. The monoisotopic (exact) mass is 415 g/mol. The SMILES string of the molecule is CC1CCCCN1CCCNC(=O)C1CCCN(C(=O)CCOc2ccccc2)C1. The molecule has 2 aliphatic rings. The van der Waals surface area contributed by atoms with Gasteiger partial charge in [0, 0.05) is 32.2 Å². The van der Waals surface area contributed by atoms with Crippen LogP contribution in [-0.4, -0.2) is 67.0 Å². The van der Waals surface area contributed by atoms with Crippen LogP contribution in [-0.2, 0) is 9.59 Å². The number of benzene rings is 1. The van der Waals surface area contributed by atoms with Crippen molar-refractivity contribution in [1.82, 2.24) is 15.1 Å². The van der Waals surface area contributed by atoms with Crippen LogP contribution >= 0.6 is 0 Å². The highest BCUT2D eigenvalue weighted by molar-refractivity contribution is 5.81. The third-order valence-corrected chi connectivity index (χ3v) is 6.33. The highest BCUT2D eigenvalue weighted by Gasteiger charge is 2.28. The highest BCUT2D eigenvalue weighted by atomic mass is 16.5. The molecule has 2 atom stereocenters. The van der Waals surface area contributed by atoms with Crippen molar-refractivity contribution in [3.05, 3.63) is 30.3 Å². The maximum absolute atomic E-state index is 12.6. The van der Waals surface area contributed by atoms with Gasteiger partial charge in [-0.2, -0.15) is 0 Å². The zero-order chi connectivity index (χ0) is 21.2. The summed E-state index contributed by atoms with van der Waals surface area (Å²) in [4.78, 5) is 29.5. The van der Waals surface area contributed by atoms with E-state index in [0.29, 0.717) is 25.6 Å². The molecule has 1 aromatic rings. The van der Waals surface area contributed by atoms with Crippen LogP contribution < -0.4 is 10.1 Å². The minimum absolute atomic E-state index is 0.0718. The summed E-state index contributed by atoms with van der Waals surface area (Å²) in [5, 5.41) is 3.10. The number of carbonyl (C=O) groups is 2. The fraction of sp³-hybridized carbons (Fsp3) is 0.667. The first-order valence-electron chi connectivity index (χ1n) is 11.6. The van der Waals surface area contributed by atoms with Gasteiger partial charge in [-0.05, 0) is 57.7 Å². The van der Waals surface area contributed by atoms with Gasteiger partial charge < -0.3 is 19.9 Å². The lowest BCUT2D eigenvalue weighted by atomic mass is 9.97. The van der Waals surface area contributed by atoms with Crippen molar-refractivity contribution in [2.45, 2.75) is 57.9 Å². The van der Waals surface area contributed by atoms with Gasteiger partial charge in [-0.1, -0.05) is 24.6 Å². The Morgan fingerprint density at radius 2 is 1.93 bits per heavy atom. The molecule has 166 valence electrons. The zero-order valence-electron chi connectivity index (χ0n) is 18.4. The van der Waals surface area contributed by atoms with E-state index >= 15 is 0 Å². The lowest BCUT2D eigenvalue weighted by molar-refractivity contribution is -0.136. The first-order chi connectivity index (χ1) is 14.6. The Hall–Kier alpha value is -2.08. The van der Waals surface area contributed by atoms with Gasteiger partial charge in [0.05, 0.1) is 18.9 Å². The molecule has 2 aliphatic heterocycles. The molecule has 6 heteroatoms. The Bertz CT molecular complexity index is 667. The number of para-hydroxylation sites is 1. The van der Waals surface area contributed by atoms with Gasteiger partial charge in [0.2, 0.25) is 11.8 Å². The Morgan fingerprint density at radius 1 is 1.10 bits per heavy atom. The molecule has 2 fully saturated rings. The Labute approximate surface area is 180 Å². The second kappa shape index (κ2) is 11.9. The number of nitrogens with one attached hydrogen (secondary N) is 1. The van der Waals surface area contributed by atoms with E-state index in [0.717, 1.165) is 44.6 Å². The van der Waals surface area contributed by atoms with Gasteiger partial charge in [0.25, 0.3) is 0 Å². The molecule has 2 amide bonds. The molecular formula is C24H37N3O3. The predicted molar refractivity (Wildman–Crippen MR) is 118 cm³/mol. The number of rotatable bonds is 9. The summed E-state index contributed by atoms with van der Waals surface area (Å²) >= 11 is 0. The first kappa shape index (κ1) is 22.6. The molecule has 3 rings (SSSR count). The average Bonchev–Trinajstić information content (AvgIpc) is 2.78. The second-order valence-corrected chi connectivity index (χ2v) is 8.62. The zero-order valence-corrected chi connectivity index (χ0v) is 18.4. The van der Waals surface area contributed by atoms with Crippen molar-refractivity contribution >= 4 is 11.8 Å². The van der Waals surface area contributed by atoms with Gasteiger partial charge in [-0.3, -0.25) is 9.59 Å². The maximum Gasteiger partial charge on any atom is 0.226 e. The number of amides is 2. The third kappa shape index (κ3) is 7.01. The molecule has 2 heterocycles. The summed E-state index contributed by atoms with van der Waals surface area (Å²) in [5.74, 6) is 0.856. The summed E-state index contributed by atoms with van der Waals surface area (Å²) in [6, 6.07) is 10.2. The van der Waals surface area contributed by atoms with Gasteiger partial charge in [-0.25, -0.2) is 0 Å². The molecule has 0 aliphatic carbocycles. The summed E-state index contributed by atoms with van der Waals surface area (Å²) in [6.07, 6.45) is 6.99. The molecule has 0 radical (unpaired) electrons. The van der Waals surface area contributed by atoms with Crippen LogP contribution in [0, 0.1) is 5.92 Å². The van der Waals surface area contributed by atoms with E-state index in [4.69, 9.17) is 4.74 Å². The van der Waals surface area contributed by atoms with Crippen LogP contribution in [0.25, 0.3) is 0 Å². The van der Waals surface area contributed by atoms with Crippen LogP contribution in [0.1, 0.15) is 51.9 Å². The van der Waals surface area contributed by atoms with Crippen molar-refractivity contribution in [3.63, 3.8) is 0 Å². The Balaban J connectivity index is 1.33. The van der Waals surface area contributed by atoms with Gasteiger partial charge >= 0.3 is 0 Å². The van der Waals surface area contributed by atoms with E-state index in [1.165, 1.54) is 25.8 Å². The smallest absolute Gasteiger partial charge is 0.226 e. The minimum Gasteiger partial charge on any atom is -0.493 e. The normalized spacial score (nSPS) is 22.5. The number of likely N-dealkylation sites (tertiary alicyclic amines) is 2. The molecule has 0 spiro atoms. The van der Waals surface area contributed by atoms with Crippen molar-refractivity contribution in [1.29, 1.82) is 0 Å². The molecule has 0 saturated carbocycles. The Kier molecular flexibility index (Phi) is 9.00. The van der Waals surface area contributed by atoms with Gasteiger partial charge in [0.15, 0.2) is 0 Å². The summed E-state index contributed by atoms with van der Waals surface area (Å²) in [6.45, 7) is 6.89. The van der Waals surface area contributed by atoms with Crippen LogP contribution in [0.15, 0.2) is 30.3 Å². The molecule has 0 aromatic heterocycles. The van der Waals surface area contributed by atoms with Crippen LogP contribution in [0.5, 0.6) is 5.75 Å². The van der Waals surface area contributed by atoms with Crippen molar-refractivity contribution in [2.75, 3.05) is 39.3 Å². The number of nitrogens with zero attached hydrogens (tertiary/aromatic N) is 2. The van der Waals surface area contributed by atoms with E-state index in [1.807, 2.05) is 35.2 Å². The van der Waals surface area contributed by atoms with Crippen molar-refractivity contribution < 1.29 is 14.3 Å². The lowest BCUT2D eigenvalue weighted by Crippen LogP contribution is -2.46. The fourth-order valence-corrected chi connectivity index (χ4v) is 4.48. The summed E-state index contributed by atoms with van der Waals surface area (Å²) in [7, 11) is 0. The lowest BCUT2D eigenvalue weighted by Gasteiger charge is -2.33. The average molecular weight is 416 g/mol. The van der Waals surface area contributed by atoms with E-state index < -0.39 is 0 Å². The predicted octanol–water partition coefficient (Wildman–Crippen LogP) is 3.07. The number of piperidine rings is 2. The topological polar surface area (TPSA) is 61.9 Å². The first-order valence-corrected chi connectivity index (χ1v) is 11.6. The van der Waals surface area contributed by atoms with E-state index in [9.17, 15) is 9.59 Å². The van der Waals surface area contributed by atoms with Crippen LogP contribution in [0.4, 0.5) is 0 Å². The molecule has 1 N–H and O–H groups in total. The molecule has 6 nitrogen and oxygen atoms in total. The fourth-order valence-electron chi connectivity index (χ4n) is 4.48. The maximum atomic E-state index is 12.6. The number of hydrogen-bond acceptors (Lipinski definition) is 4. The standard InChI is InChI=1S/C24H37N3O3/c1-20-9-5-6-15-26(20)17-8-14-25-24(29)21-10-7-16-27(19-21)23(28)13-18-30-22-11-3-2-4-12-22/h2-4,11-12,20-21H,5-10,13-19H2,1H3,(H,25,29). The highest BCUT2D eigenvalue weighted by Crippen LogP contribution is 2.18. The van der Waals surface area contributed by atoms with Crippen LogP contribution in [0.3, 0.4) is 0 Å². The van der Waals surface area contributed by atoms with Crippen molar-refractivity contribution in [2.24, 2.45) is 5.92 Å². The van der Waals surface area contributed by atoms with E-state index in [2.05, 4.69) is 17.1 Å². The number of carbonyl (C=O) groups excluding carboxylic acids is 2. The summed E-state index contributed by atoms with van der Waals surface area (Å²) in [5.41, 5.74) is 0. The number of ether oxygens (including phenoxy) is 1. The molecule has 2 unspecified atom stereocenters. The van der Waals surface area contributed by atoms with Crippen LogP contribution in [0.2, 0.25) is 0 Å². The molecule has 1 aromatic carbocycles. The van der Waals surface area contributed by atoms with E-state index in [-0.39, 0.29) is 17.7 Å². The van der Waals surface area contributed by atoms with E-state index in [1.54, 1.807) is 0 Å². The number of hydrogen-bond donors (Lipinski definition) is 1. The third-order valence-electron chi connectivity index (χ3n) is 6.33. The molecule has 2 saturated heterocycles. The van der Waals surface area contributed by atoms with Gasteiger partial charge in [0.1, 0.15) is 5.75 Å². The Morgan fingerprint density at radius 3 is 2.73 bits per heavy atom. The quantitative estimate of drug-likeness (QED) is 0.630. The largest absolute Gasteiger partial charge is 0.493 e. The second-order valence-electron chi connectivity index (χ2n) is 8.62. The van der Waals surface area contributed by atoms with Crippen molar-refractivity contribution in [3.8, 4) is 5.75 Å². The van der Waals surface area contributed by atoms with Gasteiger partial charge in [-0.15, -0.1) is 0 Å². The molecule has 30 heavy (non-hydrogen) atoms. The molecular weight excluding hydrogens is 378 g/mol.